The zero-order chi connectivity index (χ0) is 14.0. The number of hydrogen-bond acceptors (Lipinski definition) is 5. The van der Waals surface area contributed by atoms with E-state index in [0.717, 1.165) is 0 Å². The van der Waals surface area contributed by atoms with Crippen molar-refractivity contribution in [3.8, 4) is 0 Å². The van der Waals surface area contributed by atoms with Crippen molar-refractivity contribution in [2.24, 2.45) is 5.84 Å². The number of amides is 3. The van der Waals surface area contributed by atoms with E-state index in [1.54, 1.807) is 7.05 Å². The fraction of sp³-hybridized carbons (Fsp3) is 0.364. The highest BCUT2D eigenvalue weighted by Crippen LogP contribution is 2.13. The molecular weight excluding hydrogens is 252 g/mol. The van der Waals surface area contributed by atoms with Crippen molar-refractivity contribution >= 4 is 17.7 Å². The Morgan fingerprint density at radius 1 is 1.42 bits per heavy atom. The van der Waals surface area contributed by atoms with Gasteiger partial charge in [0, 0.05) is 7.05 Å². The number of hydrazine groups is 1. The molecule has 0 aliphatic carbocycles. The van der Waals surface area contributed by atoms with Crippen molar-refractivity contribution in [3.05, 3.63) is 23.7 Å². The largest absolute Gasteiger partial charge is 0.467 e. The van der Waals surface area contributed by atoms with Crippen molar-refractivity contribution in [2.45, 2.75) is 6.54 Å². The van der Waals surface area contributed by atoms with Gasteiger partial charge < -0.3 is 14.2 Å². The van der Waals surface area contributed by atoms with Crippen molar-refractivity contribution in [2.75, 3.05) is 20.1 Å². The smallest absolute Gasteiger partial charge is 0.268 e. The monoisotopic (exact) mass is 266 g/mol. The fourth-order valence-corrected chi connectivity index (χ4v) is 1.76. The molecule has 8 nitrogen and oxygen atoms in total. The Labute approximate surface area is 109 Å². The molecule has 0 bridgehead atoms. The zero-order valence-electron chi connectivity index (χ0n) is 10.4. The first-order valence-electron chi connectivity index (χ1n) is 5.61. The molecule has 1 fully saturated rings. The number of nitrogens with zero attached hydrogens (tertiary/aromatic N) is 2. The van der Waals surface area contributed by atoms with Gasteiger partial charge in [-0.2, -0.15) is 0 Å². The molecule has 19 heavy (non-hydrogen) atoms. The van der Waals surface area contributed by atoms with E-state index in [-0.39, 0.29) is 37.0 Å². The second kappa shape index (κ2) is 5.11. The third kappa shape index (κ3) is 2.74. The molecular formula is C11H14N4O4. The van der Waals surface area contributed by atoms with Crippen LogP contribution in [-0.4, -0.2) is 47.7 Å². The Balaban J connectivity index is 2.05. The van der Waals surface area contributed by atoms with Gasteiger partial charge in [0.05, 0.1) is 18.7 Å². The number of piperazine rings is 1. The van der Waals surface area contributed by atoms with Crippen molar-refractivity contribution < 1.29 is 18.8 Å². The predicted octanol–water partition coefficient (Wildman–Crippen LogP) is -1.32. The third-order valence-corrected chi connectivity index (χ3v) is 2.87. The predicted molar refractivity (Wildman–Crippen MR) is 63.4 cm³/mol. The van der Waals surface area contributed by atoms with Crippen LogP contribution in [0.5, 0.6) is 0 Å². The summed E-state index contributed by atoms with van der Waals surface area (Å²) in [5, 5.41) is 0. The molecule has 0 radical (unpaired) electrons. The number of likely N-dealkylation sites (N-methyl/N-ethyl adjacent to an activating group) is 1. The number of nitrogens with one attached hydrogen (secondary N) is 1. The van der Waals surface area contributed by atoms with Crippen LogP contribution in [-0.2, 0) is 16.1 Å². The Morgan fingerprint density at radius 3 is 2.84 bits per heavy atom. The third-order valence-electron chi connectivity index (χ3n) is 2.87. The maximum absolute atomic E-state index is 11.7. The lowest BCUT2D eigenvalue weighted by Crippen LogP contribution is -2.51. The molecule has 1 aromatic heterocycles. The Hall–Kier alpha value is -2.35. The number of hydrogen-bond donors (Lipinski definition) is 2. The summed E-state index contributed by atoms with van der Waals surface area (Å²) in [5.74, 6) is 4.64. The number of rotatable bonds is 3. The molecule has 0 unspecified atom stereocenters. The zero-order valence-corrected chi connectivity index (χ0v) is 10.4. The van der Waals surface area contributed by atoms with Crippen LogP contribution in [0.2, 0.25) is 0 Å². The van der Waals surface area contributed by atoms with E-state index in [1.165, 1.54) is 22.1 Å². The molecule has 3 amide bonds. The van der Waals surface area contributed by atoms with Gasteiger partial charge in [-0.15, -0.1) is 0 Å². The quantitative estimate of drug-likeness (QED) is 0.401. The maximum Gasteiger partial charge on any atom is 0.268 e. The molecule has 1 saturated heterocycles. The lowest BCUT2D eigenvalue weighted by atomic mass is 10.2. The first-order valence-corrected chi connectivity index (χ1v) is 5.61. The van der Waals surface area contributed by atoms with Gasteiger partial charge >= 0.3 is 0 Å². The van der Waals surface area contributed by atoms with Crippen LogP contribution in [0, 0.1) is 0 Å². The van der Waals surface area contributed by atoms with Crippen LogP contribution >= 0.6 is 0 Å². The first kappa shape index (κ1) is 13.1. The molecule has 1 aromatic rings. The van der Waals surface area contributed by atoms with E-state index >= 15 is 0 Å². The number of furan rings is 1. The molecule has 1 aliphatic rings. The van der Waals surface area contributed by atoms with E-state index in [4.69, 9.17) is 10.3 Å². The first-order chi connectivity index (χ1) is 9.01. The average molecular weight is 266 g/mol. The lowest BCUT2D eigenvalue weighted by molar-refractivity contribution is -0.149. The van der Waals surface area contributed by atoms with Crippen LogP contribution in [0.25, 0.3) is 0 Å². The van der Waals surface area contributed by atoms with Crippen LogP contribution in [0.1, 0.15) is 16.1 Å². The second-order valence-electron chi connectivity index (χ2n) is 4.27. The molecule has 0 aromatic carbocycles. The van der Waals surface area contributed by atoms with Crippen molar-refractivity contribution in [1.29, 1.82) is 0 Å². The van der Waals surface area contributed by atoms with Gasteiger partial charge in [-0.1, -0.05) is 0 Å². The maximum atomic E-state index is 11.7. The summed E-state index contributed by atoms with van der Waals surface area (Å²) in [7, 11) is 1.58. The fourth-order valence-electron chi connectivity index (χ4n) is 1.76. The van der Waals surface area contributed by atoms with E-state index in [1.807, 2.05) is 5.43 Å². The van der Waals surface area contributed by atoms with E-state index in [9.17, 15) is 14.4 Å². The summed E-state index contributed by atoms with van der Waals surface area (Å²) in [6.45, 7) is 0.209. The van der Waals surface area contributed by atoms with Gasteiger partial charge in [-0.3, -0.25) is 19.8 Å². The van der Waals surface area contributed by atoms with E-state index in [0.29, 0.717) is 5.76 Å². The van der Waals surface area contributed by atoms with Gasteiger partial charge in [0.25, 0.3) is 5.91 Å². The van der Waals surface area contributed by atoms with Crippen LogP contribution in [0.4, 0.5) is 0 Å². The summed E-state index contributed by atoms with van der Waals surface area (Å²) in [6, 6.07) is 1.48. The summed E-state index contributed by atoms with van der Waals surface area (Å²) < 4.78 is 5.17. The van der Waals surface area contributed by atoms with E-state index < -0.39 is 5.91 Å². The number of carbonyl (C=O) groups excluding carboxylic acids is 3. The normalized spacial score (nSPS) is 15.9. The van der Waals surface area contributed by atoms with E-state index in [2.05, 4.69) is 0 Å². The Bertz CT molecular complexity index is 525. The number of carbonyl (C=O) groups is 3. The highest BCUT2D eigenvalue weighted by atomic mass is 16.3. The minimum Gasteiger partial charge on any atom is -0.467 e. The van der Waals surface area contributed by atoms with Crippen LogP contribution < -0.4 is 11.3 Å². The molecule has 3 N–H and O–H groups in total. The minimum absolute atomic E-state index is 0.00838. The second-order valence-corrected chi connectivity index (χ2v) is 4.27. The van der Waals surface area contributed by atoms with Crippen LogP contribution in [0.3, 0.4) is 0 Å². The van der Waals surface area contributed by atoms with Gasteiger partial charge in [0.15, 0.2) is 0 Å². The summed E-state index contributed by atoms with van der Waals surface area (Å²) >= 11 is 0. The molecule has 0 spiro atoms. The molecule has 2 heterocycles. The minimum atomic E-state index is -0.476. The molecule has 0 saturated carbocycles. The summed E-state index contributed by atoms with van der Waals surface area (Å²) in [5.41, 5.74) is 2.25. The van der Waals surface area contributed by atoms with Crippen molar-refractivity contribution in [1.82, 2.24) is 15.2 Å². The van der Waals surface area contributed by atoms with Crippen molar-refractivity contribution in [3.63, 3.8) is 0 Å². The van der Waals surface area contributed by atoms with Gasteiger partial charge in [-0.05, 0) is 6.07 Å². The standard InChI is InChI=1S/C11H14N4O4/c1-14-4-10(17)15(5-9(14)16)3-8-2-7(6-19-8)11(18)13-12/h2,6H,3-5,12H2,1H3,(H,13,18). The highest BCUT2D eigenvalue weighted by Gasteiger charge is 2.28. The molecule has 1 aliphatic heterocycles. The van der Waals surface area contributed by atoms with Gasteiger partial charge in [-0.25, -0.2) is 5.84 Å². The topological polar surface area (TPSA) is 109 Å². The number of nitrogen functional groups attached to an aromatic ring is 1. The highest BCUT2D eigenvalue weighted by molar-refractivity contribution is 5.94. The Morgan fingerprint density at radius 2 is 2.16 bits per heavy atom. The SMILES string of the molecule is CN1CC(=O)N(Cc2cc(C(=O)NN)co2)CC1=O. The molecule has 8 heteroatoms. The summed E-state index contributed by atoms with van der Waals surface area (Å²) in [4.78, 5) is 37.3. The lowest BCUT2D eigenvalue weighted by Gasteiger charge is -2.30. The van der Waals surface area contributed by atoms with Gasteiger partial charge in [0.2, 0.25) is 11.8 Å². The molecule has 0 atom stereocenters. The average Bonchev–Trinajstić information content (AvgIpc) is 2.83. The Kier molecular flexibility index (Phi) is 3.52. The van der Waals surface area contributed by atoms with Gasteiger partial charge in [0.1, 0.15) is 18.6 Å². The molecule has 102 valence electrons. The number of nitrogens with two attached hydrogens (primary N) is 1. The van der Waals surface area contributed by atoms with Crippen LogP contribution in [0.15, 0.2) is 16.7 Å². The molecule has 2 rings (SSSR count). The summed E-state index contributed by atoms with van der Waals surface area (Å²) in [6.07, 6.45) is 1.25.